The van der Waals surface area contributed by atoms with Gasteiger partial charge < -0.3 is 24.0 Å². The highest BCUT2D eigenvalue weighted by molar-refractivity contribution is 7.87. The van der Waals surface area contributed by atoms with Crippen LogP contribution in [-0.4, -0.2) is 0 Å². The summed E-state index contributed by atoms with van der Waals surface area (Å²) in [5.74, 6) is 0.974. The van der Waals surface area contributed by atoms with Gasteiger partial charge in [-0.15, -0.1) is 0 Å². The molecule has 0 saturated heterocycles. The van der Waals surface area contributed by atoms with Crippen LogP contribution < -0.4 is 44.5 Å². The van der Waals surface area contributed by atoms with E-state index in [1.54, 1.807) is 0 Å². The van der Waals surface area contributed by atoms with Gasteiger partial charge in [0.15, 0.2) is 7.05 Å². The Labute approximate surface area is 184 Å². The minimum atomic E-state index is -2.20. The molecule has 0 N–H and O–H groups in total. The molecule has 3 aromatic carbocycles. The molecule has 1 heterocycles. The smallest absolute Gasteiger partial charge is 0.319 e. The van der Waals surface area contributed by atoms with E-state index in [0.29, 0.717) is 0 Å². The summed E-state index contributed by atoms with van der Waals surface area (Å²) in [7, 11) is -0.148. The Hall–Kier alpha value is -2.23. The molecule has 0 aliphatic heterocycles. The number of halogens is 1. The Bertz CT molecular complexity index is 978. The van der Waals surface area contributed by atoms with E-state index in [9.17, 15) is 0 Å². The molecule has 0 atom stereocenters. The average Bonchev–Trinajstić information content (AvgIpc) is 2.75. The van der Waals surface area contributed by atoms with Gasteiger partial charge in [0.25, 0.3) is 0 Å². The highest BCUT2D eigenvalue weighted by atomic mass is 127. The number of aromatic nitrogens is 1. The van der Waals surface area contributed by atoms with Crippen molar-refractivity contribution in [1.82, 2.24) is 0 Å². The van der Waals surface area contributed by atoms with Crippen LogP contribution in [0.25, 0.3) is 0 Å². The van der Waals surface area contributed by atoms with Gasteiger partial charge in [0, 0.05) is 22.0 Å². The van der Waals surface area contributed by atoms with Crippen molar-refractivity contribution >= 4 is 28.8 Å². The van der Waals surface area contributed by atoms with Gasteiger partial charge in [-0.3, -0.25) is 0 Å². The maximum atomic E-state index is 5.47. The highest BCUT2D eigenvalue weighted by Crippen LogP contribution is 2.48. The van der Waals surface area contributed by atoms with E-state index in [4.69, 9.17) is 4.74 Å². The quantitative estimate of drug-likeness (QED) is 0.231. The standard InChI is InChI=1S/C24H22N2P.HI/c1-26-20-12-11-19-24(26)25-27(21-13-5-2-6-14-21,22-15-7-3-8-16-22)23-17-9-4-10-18-23;/h2-20H,1H3;1H/q+1;/p-1. The number of rotatable bonds is 4. The van der Waals surface area contributed by atoms with Crippen molar-refractivity contribution < 1.29 is 28.5 Å². The van der Waals surface area contributed by atoms with Crippen LogP contribution in [0.5, 0.6) is 0 Å². The molecule has 0 spiro atoms. The fourth-order valence-corrected chi connectivity index (χ4v) is 6.89. The molecular formula is C24H22IN2P. The number of hydrogen-bond acceptors (Lipinski definition) is 1. The second-order valence-electron chi connectivity index (χ2n) is 6.41. The van der Waals surface area contributed by atoms with Gasteiger partial charge in [-0.1, -0.05) is 102 Å². The first-order chi connectivity index (χ1) is 13.3. The molecule has 140 valence electrons. The molecule has 4 aromatic rings. The molecule has 0 bridgehead atoms. The molecular weight excluding hydrogens is 474 g/mol. The number of benzene rings is 3. The average molecular weight is 496 g/mol. The minimum absolute atomic E-state index is 0. The zero-order valence-corrected chi connectivity index (χ0v) is 18.7. The van der Waals surface area contributed by atoms with Crippen LogP contribution in [0.3, 0.4) is 0 Å². The largest absolute Gasteiger partial charge is 1.00 e. The monoisotopic (exact) mass is 496 g/mol. The summed E-state index contributed by atoms with van der Waals surface area (Å²) in [5.41, 5.74) is 0. The van der Waals surface area contributed by atoms with Gasteiger partial charge in [0.2, 0.25) is 0 Å². The zero-order valence-electron chi connectivity index (χ0n) is 15.7. The minimum Gasteiger partial charge on any atom is -1.00 e. The first-order valence-electron chi connectivity index (χ1n) is 9.04. The van der Waals surface area contributed by atoms with Crippen molar-refractivity contribution in [2.45, 2.75) is 0 Å². The SMILES string of the molecule is C[n+]1ccccc1N=P(c1ccccc1)(c1ccccc1)c1ccccc1.[I-]. The lowest BCUT2D eigenvalue weighted by Gasteiger charge is -2.21. The molecule has 0 saturated carbocycles. The Morgan fingerprint density at radius 2 is 0.964 bits per heavy atom. The van der Waals surface area contributed by atoms with Crippen molar-refractivity contribution in [3.63, 3.8) is 0 Å². The van der Waals surface area contributed by atoms with Crippen LogP contribution in [0.2, 0.25) is 0 Å². The van der Waals surface area contributed by atoms with Crippen molar-refractivity contribution in [2.75, 3.05) is 0 Å². The highest BCUT2D eigenvalue weighted by Gasteiger charge is 2.33. The van der Waals surface area contributed by atoms with Crippen LogP contribution in [0, 0.1) is 0 Å². The summed E-state index contributed by atoms with van der Waals surface area (Å²) in [4.78, 5) is 0. The molecule has 2 nitrogen and oxygen atoms in total. The maximum Gasteiger partial charge on any atom is 0.319 e. The lowest BCUT2D eigenvalue weighted by molar-refractivity contribution is -0.658. The third-order valence-corrected chi connectivity index (χ3v) is 8.31. The molecule has 0 aliphatic rings. The predicted molar refractivity (Wildman–Crippen MR) is 115 cm³/mol. The lowest BCUT2D eigenvalue weighted by atomic mass is 10.4. The molecule has 0 aliphatic carbocycles. The normalized spacial score (nSPS) is 10.8. The molecule has 0 fully saturated rings. The number of nitrogens with zero attached hydrogens (tertiary/aromatic N) is 2. The van der Waals surface area contributed by atoms with Crippen molar-refractivity contribution in [3.05, 3.63) is 115 Å². The first kappa shape index (κ1) is 20.5. The summed E-state index contributed by atoms with van der Waals surface area (Å²) in [6, 6.07) is 38.3. The number of pyridine rings is 1. The van der Waals surface area contributed by atoms with Gasteiger partial charge >= 0.3 is 5.82 Å². The summed E-state index contributed by atoms with van der Waals surface area (Å²) in [6.07, 6.45) is 2.05. The molecule has 4 heteroatoms. The van der Waals surface area contributed by atoms with Gasteiger partial charge in [0.05, 0.1) is 13.2 Å². The molecule has 0 unspecified atom stereocenters. The number of hydrogen-bond donors (Lipinski definition) is 0. The van der Waals surface area contributed by atoms with Gasteiger partial charge in [-0.2, -0.15) is 0 Å². The molecule has 0 amide bonds. The van der Waals surface area contributed by atoms with E-state index in [2.05, 4.69) is 121 Å². The van der Waals surface area contributed by atoms with Gasteiger partial charge in [0.1, 0.15) is 0 Å². The van der Waals surface area contributed by atoms with Gasteiger partial charge in [-0.05, 0) is 6.07 Å². The van der Waals surface area contributed by atoms with E-state index in [1.165, 1.54) is 15.9 Å². The van der Waals surface area contributed by atoms with Crippen LogP contribution in [-0.2, 0) is 7.05 Å². The summed E-state index contributed by atoms with van der Waals surface area (Å²) >= 11 is 0. The van der Waals surface area contributed by atoms with E-state index in [1.807, 2.05) is 6.07 Å². The van der Waals surface area contributed by atoms with E-state index < -0.39 is 7.05 Å². The Balaban J connectivity index is 0.00000225. The molecule has 0 radical (unpaired) electrons. The summed E-state index contributed by atoms with van der Waals surface area (Å²) in [6.45, 7) is 0. The van der Waals surface area contributed by atoms with Crippen molar-refractivity contribution in [2.24, 2.45) is 11.8 Å². The van der Waals surface area contributed by atoms with Gasteiger partial charge in [-0.25, -0.2) is 4.57 Å². The Morgan fingerprint density at radius 1 is 0.571 bits per heavy atom. The molecule has 1 aromatic heterocycles. The predicted octanol–water partition coefficient (Wildman–Crippen LogP) is 1.32. The Morgan fingerprint density at radius 3 is 1.36 bits per heavy atom. The zero-order chi connectivity index (χ0) is 18.5. The second-order valence-corrected chi connectivity index (χ2v) is 9.43. The van der Waals surface area contributed by atoms with Crippen LogP contribution in [0.4, 0.5) is 5.82 Å². The van der Waals surface area contributed by atoms with E-state index in [0.717, 1.165) is 5.82 Å². The topological polar surface area (TPSA) is 16.2 Å². The molecule has 28 heavy (non-hydrogen) atoms. The maximum absolute atomic E-state index is 5.47. The fraction of sp³-hybridized carbons (Fsp3) is 0.0417. The van der Waals surface area contributed by atoms with Crippen LogP contribution in [0.1, 0.15) is 0 Å². The molecule has 4 rings (SSSR count). The second kappa shape index (κ2) is 9.31. The summed E-state index contributed by atoms with van der Waals surface area (Å²) in [5, 5.41) is 3.77. The van der Waals surface area contributed by atoms with Crippen LogP contribution >= 0.6 is 7.05 Å². The van der Waals surface area contributed by atoms with Crippen LogP contribution in [0.15, 0.2) is 120 Å². The van der Waals surface area contributed by atoms with E-state index >= 15 is 0 Å². The lowest BCUT2D eigenvalue weighted by Crippen LogP contribution is -3.00. The third-order valence-electron chi connectivity index (χ3n) is 4.67. The first-order valence-corrected chi connectivity index (χ1v) is 10.8. The Kier molecular flexibility index (Phi) is 6.82. The van der Waals surface area contributed by atoms with Crippen molar-refractivity contribution in [1.29, 1.82) is 0 Å². The van der Waals surface area contributed by atoms with E-state index in [-0.39, 0.29) is 24.0 Å². The number of aryl methyl sites for hydroxylation is 1. The summed E-state index contributed by atoms with van der Waals surface area (Å²) < 4.78 is 7.56. The third kappa shape index (κ3) is 3.96. The fourth-order valence-electron chi connectivity index (χ4n) is 3.32. The van der Waals surface area contributed by atoms with Crippen molar-refractivity contribution in [3.8, 4) is 0 Å².